The van der Waals surface area contributed by atoms with E-state index in [2.05, 4.69) is 25.7 Å². The van der Waals surface area contributed by atoms with Gasteiger partial charge in [-0.1, -0.05) is 60.7 Å². The van der Waals surface area contributed by atoms with Crippen molar-refractivity contribution in [3.05, 3.63) is 138 Å². The molecule has 3 aromatic heterocycles. The van der Waals surface area contributed by atoms with E-state index in [1.807, 2.05) is 90.4 Å². The van der Waals surface area contributed by atoms with Crippen LogP contribution in [0.1, 0.15) is 28.8 Å². The molecule has 3 heterocycles. The second-order valence-corrected chi connectivity index (χ2v) is 11.1. The van der Waals surface area contributed by atoms with Crippen molar-refractivity contribution in [3.8, 4) is 33.3 Å². The van der Waals surface area contributed by atoms with Gasteiger partial charge in [0.25, 0.3) is 0 Å². The van der Waals surface area contributed by atoms with Gasteiger partial charge < -0.3 is 19.1 Å². The molecule has 0 saturated carbocycles. The Morgan fingerprint density at radius 3 is 2.34 bits per heavy atom. The first kappa shape index (κ1) is 28.8. The second kappa shape index (κ2) is 13.8. The molecule has 220 valence electrons. The number of ether oxygens (including phenoxy) is 2. The fraction of sp³-hybridized carbons (Fsp3) is 0.143. The number of carbonyl (C=O) groups is 1. The maximum absolute atomic E-state index is 11.4. The average Bonchev–Trinajstić information content (AvgIpc) is 3.70. The molecular formula is C35H30N4O4S. The third-order valence-corrected chi connectivity index (χ3v) is 7.84. The molecule has 8 nitrogen and oxygen atoms in total. The molecule has 9 heteroatoms. The maximum Gasteiger partial charge on any atom is 0.303 e. The van der Waals surface area contributed by atoms with Crippen molar-refractivity contribution < 1.29 is 19.4 Å². The predicted molar refractivity (Wildman–Crippen MR) is 170 cm³/mol. The number of aliphatic carboxylic acids is 1. The lowest BCUT2D eigenvalue weighted by Gasteiger charge is -2.13. The van der Waals surface area contributed by atoms with E-state index in [0.29, 0.717) is 37.7 Å². The van der Waals surface area contributed by atoms with Gasteiger partial charge in [-0.15, -0.1) is 11.3 Å². The minimum atomic E-state index is -0.814. The highest BCUT2D eigenvalue weighted by Gasteiger charge is 2.13. The Morgan fingerprint density at radius 1 is 0.864 bits per heavy atom. The van der Waals surface area contributed by atoms with Crippen molar-refractivity contribution in [1.82, 2.24) is 19.5 Å². The van der Waals surface area contributed by atoms with E-state index in [4.69, 9.17) is 9.47 Å². The van der Waals surface area contributed by atoms with Crippen LogP contribution in [-0.4, -0.2) is 30.6 Å². The van der Waals surface area contributed by atoms with E-state index in [0.717, 1.165) is 44.2 Å². The summed E-state index contributed by atoms with van der Waals surface area (Å²) in [5.74, 6) is 0.549. The topological polar surface area (TPSA) is 99.4 Å². The van der Waals surface area contributed by atoms with Gasteiger partial charge in [0, 0.05) is 54.8 Å². The molecule has 0 spiro atoms. The van der Waals surface area contributed by atoms with Gasteiger partial charge in [-0.2, -0.15) is 0 Å². The number of thiazole rings is 1. The molecule has 6 aromatic rings. The van der Waals surface area contributed by atoms with Crippen LogP contribution in [0.4, 0.5) is 0 Å². The van der Waals surface area contributed by atoms with Crippen LogP contribution in [-0.2, 0) is 31.0 Å². The van der Waals surface area contributed by atoms with Crippen molar-refractivity contribution in [2.75, 3.05) is 0 Å². The lowest BCUT2D eigenvalue weighted by Crippen LogP contribution is -2.02. The van der Waals surface area contributed by atoms with Crippen LogP contribution in [0.25, 0.3) is 21.8 Å². The van der Waals surface area contributed by atoms with Crippen LogP contribution in [0.5, 0.6) is 11.5 Å². The van der Waals surface area contributed by atoms with Crippen LogP contribution < -0.4 is 9.47 Å². The zero-order chi connectivity index (χ0) is 30.1. The fourth-order valence-corrected chi connectivity index (χ4v) is 5.63. The van der Waals surface area contributed by atoms with Gasteiger partial charge in [0.05, 0.1) is 11.9 Å². The van der Waals surface area contributed by atoms with Gasteiger partial charge in [-0.3, -0.25) is 14.8 Å². The summed E-state index contributed by atoms with van der Waals surface area (Å²) in [6.45, 7) is 1.27. The number of nitrogens with zero attached hydrogens (tertiary/aromatic N) is 4. The summed E-state index contributed by atoms with van der Waals surface area (Å²) in [7, 11) is 0. The number of hydrogen-bond acceptors (Lipinski definition) is 7. The summed E-state index contributed by atoms with van der Waals surface area (Å²) in [5, 5.41) is 12.1. The molecule has 0 aliphatic heterocycles. The third kappa shape index (κ3) is 7.56. The van der Waals surface area contributed by atoms with Gasteiger partial charge in [-0.05, 0) is 40.8 Å². The summed E-state index contributed by atoms with van der Waals surface area (Å²) < 4.78 is 14.5. The van der Waals surface area contributed by atoms with Crippen molar-refractivity contribution in [3.63, 3.8) is 0 Å². The van der Waals surface area contributed by atoms with E-state index in [1.54, 1.807) is 18.6 Å². The van der Waals surface area contributed by atoms with Gasteiger partial charge in [0.15, 0.2) is 0 Å². The molecule has 0 fully saturated rings. The molecule has 1 N–H and O–H groups in total. The Balaban J connectivity index is 1.24. The Hall–Kier alpha value is -5.28. The Bertz CT molecular complexity index is 1820. The number of benzene rings is 3. The molecule has 44 heavy (non-hydrogen) atoms. The van der Waals surface area contributed by atoms with E-state index < -0.39 is 5.97 Å². The lowest BCUT2D eigenvalue weighted by atomic mass is 10.0. The van der Waals surface area contributed by atoms with Crippen LogP contribution in [0.2, 0.25) is 0 Å². The van der Waals surface area contributed by atoms with Gasteiger partial charge in [-0.25, -0.2) is 4.98 Å². The fourth-order valence-electron chi connectivity index (χ4n) is 4.86. The van der Waals surface area contributed by atoms with Gasteiger partial charge in [0.1, 0.15) is 35.4 Å². The summed E-state index contributed by atoms with van der Waals surface area (Å²) in [6, 6.07) is 26.0. The van der Waals surface area contributed by atoms with Crippen molar-refractivity contribution >= 4 is 17.3 Å². The first-order valence-electron chi connectivity index (χ1n) is 14.2. The average molecular weight is 603 g/mol. The molecule has 0 aliphatic rings. The molecule has 0 atom stereocenters. The zero-order valence-electron chi connectivity index (χ0n) is 23.9. The molecular weight excluding hydrogens is 572 g/mol. The number of carboxylic acid groups (broad SMARTS) is 1. The monoisotopic (exact) mass is 602 g/mol. The maximum atomic E-state index is 11.4. The molecule has 0 aliphatic carbocycles. The minimum Gasteiger partial charge on any atom is -0.489 e. The van der Waals surface area contributed by atoms with E-state index in [9.17, 15) is 9.90 Å². The van der Waals surface area contributed by atoms with Crippen molar-refractivity contribution in [1.29, 1.82) is 0 Å². The highest BCUT2D eigenvalue weighted by molar-refractivity contribution is 7.13. The van der Waals surface area contributed by atoms with E-state index in [1.165, 1.54) is 11.3 Å². The first-order valence-corrected chi connectivity index (χ1v) is 15.1. The SMILES string of the molecule is O=C(O)CCc1cn(Cc2cc(OCc3ccccc3)cc(OCc3csc(-c4cnccn4)n3)c2)cc1-c1ccccc1. The summed E-state index contributed by atoms with van der Waals surface area (Å²) in [6.07, 6.45) is 9.61. The second-order valence-electron chi connectivity index (χ2n) is 10.2. The Labute approximate surface area is 259 Å². The minimum absolute atomic E-state index is 0.0693. The molecule has 0 radical (unpaired) electrons. The Morgan fingerprint density at radius 2 is 1.61 bits per heavy atom. The molecule has 6 rings (SSSR count). The number of rotatable bonds is 13. The molecule has 0 saturated heterocycles. The lowest BCUT2D eigenvalue weighted by molar-refractivity contribution is -0.136. The largest absolute Gasteiger partial charge is 0.489 e. The third-order valence-electron chi connectivity index (χ3n) is 6.93. The number of aromatic nitrogens is 4. The highest BCUT2D eigenvalue weighted by Crippen LogP contribution is 2.29. The Kier molecular flexibility index (Phi) is 9.04. The first-order chi connectivity index (χ1) is 21.6. The van der Waals surface area contributed by atoms with Crippen molar-refractivity contribution in [2.24, 2.45) is 0 Å². The summed E-state index contributed by atoms with van der Waals surface area (Å²) in [4.78, 5) is 24.5. The standard InChI is InChI=1S/C35H30N4O4S/c40-34(41)12-11-28-20-39(21-32(28)27-9-5-2-6-10-27)19-26-15-30(42-22-25-7-3-1-4-8-25)17-31(16-26)43-23-29-24-44-35(38-29)33-18-36-13-14-37-33/h1-10,13-18,20-21,24H,11-12,19,22-23H2,(H,40,41). The quantitative estimate of drug-likeness (QED) is 0.148. The van der Waals surface area contributed by atoms with Gasteiger partial charge >= 0.3 is 5.97 Å². The summed E-state index contributed by atoms with van der Waals surface area (Å²) in [5.41, 5.74) is 6.67. The smallest absolute Gasteiger partial charge is 0.303 e. The van der Waals surface area contributed by atoms with Crippen LogP contribution >= 0.6 is 11.3 Å². The molecule has 0 unspecified atom stereocenters. The molecule has 0 amide bonds. The van der Waals surface area contributed by atoms with Crippen molar-refractivity contribution in [2.45, 2.75) is 32.6 Å². The molecule has 3 aromatic carbocycles. The summed E-state index contributed by atoms with van der Waals surface area (Å²) >= 11 is 1.50. The number of aryl methyl sites for hydroxylation is 1. The number of carboxylic acids is 1. The molecule has 0 bridgehead atoms. The zero-order valence-corrected chi connectivity index (χ0v) is 24.7. The van der Waals surface area contributed by atoms with Crippen LogP contribution in [0, 0.1) is 0 Å². The van der Waals surface area contributed by atoms with Crippen LogP contribution in [0.15, 0.2) is 115 Å². The number of hydrogen-bond donors (Lipinski definition) is 1. The van der Waals surface area contributed by atoms with Gasteiger partial charge in [0.2, 0.25) is 0 Å². The van der Waals surface area contributed by atoms with E-state index >= 15 is 0 Å². The normalized spacial score (nSPS) is 10.9. The van der Waals surface area contributed by atoms with E-state index in [-0.39, 0.29) is 6.42 Å². The highest BCUT2D eigenvalue weighted by atomic mass is 32.1. The van der Waals surface area contributed by atoms with Crippen LogP contribution in [0.3, 0.4) is 0 Å². The predicted octanol–water partition coefficient (Wildman–Crippen LogP) is 7.29.